The van der Waals surface area contributed by atoms with Gasteiger partial charge in [0.1, 0.15) is 11.6 Å². The van der Waals surface area contributed by atoms with Crippen LogP contribution in [0.15, 0.2) is 64.3 Å². The van der Waals surface area contributed by atoms with Crippen molar-refractivity contribution in [1.82, 2.24) is 24.9 Å². The fraction of sp³-hybridized carbons (Fsp3) is 0.333. The van der Waals surface area contributed by atoms with Gasteiger partial charge in [-0.2, -0.15) is 4.98 Å². The first-order chi connectivity index (χ1) is 15.4. The van der Waals surface area contributed by atoms with Gasteiger partial charge in [0.2, 0.25) is 5.89 Å². The van der Waals surface area contributed by atoms with Crippen LogP contribution in [0.4, 0.5) is 0 Å². The van der Waals surface area contributed by atoms with Gasteiger partial charge in [0, 0.05) is 17.5 Å². The van der Waals surface area contributed by atoms with Crippen molar-refractivity contribution in [3.8, 4) is 11.4 Å². The van der Waals surface area contributed by atoms with Crippen LogP contribution in [0.1, 0.15) is 50.8 Å². The highest BCUT2D eigenvalue weighted by Crippen LogP contribution is 2.28. The Bertz CT molecular complexity index is 1150. The molecule has 0 bridgehead atoms. The SMILES string of the molecule is CCOc1ccc(-n2c(Cc3ccccc3)nnc2SCc2nc(C(C)(C)C)no2)cc1. The van der Waals surface area contributed by atoms with Crippen LogP contribution >= 0.6 is 11.8 Å². The molecule has 0 unspecified atom stereocenters. The van der Waals surface area contributed by atoms with Gasteiger partial charge in [-0.3, -0.25) is 4.57 Å². The van der Waals surface area contributed by atoms with Crippen LogP contribution in [0.5, 0.6) is 5.75 Å². The van der Waals surface area contributed by atoms with Crippen molar-refractivity contribution in [1.29, 1.82) is 0 Å². The third kappa shape index (κ3) is 5.19. The highest BCUT2D eigenvalue weighted by atomic mass is 32.2. The third-order valence-electron chi connectivity index (χ3n) is 4.78. The van der Waals surface area contributed by atoms with E-state index >= 15 is 0 Å². The summed E-state index contributed by atoms with van der Waals surface area (Å²) >= 11 is 1.53. The molecule has 7 nitrogen and oxygen atoms in total. The Hall–Kier alpha value is -3.13. The molecule has 0 atom stereocenters. The van der Waals surface area contributed by atoms with Crippen molar-refractivity contribution in [2.24, 2.45) is 0 Å². The van der Waals surface area contributed by atoms with Crippen LogP contribution < -0.4 is 4.74 Å². The predicted molar refractivity (Wildman–Crippen MR) is 124 cm³/mol. The molecule has 0 radical (unpaired) electrons. The molecular formula is C24H27N5O2S. The minimum atomic E-state index is -0.155. The molecule has 0 saturated carbocycles. The van der Waals surface area contributed by atoms with Gasteiger partial charge in [-0.05, 0) is 36.8 Å². The summed E-state index contributed by atoms with van der Waals surface area (Å²) in [7, 11) is 0. The first-order valence-electron chi connectivity index (χ1n) is 10.6. The van der Waals surface area contributed by atoms with Crippen molar-refractivity contribution < 1.29 is 9.26 Å². The fourth-order valence-corrected chi connectivity index (χ4v) is 3.96. The topological polar surface area (TPSA) is 78.9 Å². The summed E-state index contributed by atoms with van der Waals surface area (Å²) in [6, 6.07) is 18.2. The Balaban J connectivity index is 1.61. The summed E-state index contributed by atoms with van der Waals surface area (Å²) in [5.74, 6) is 3.49. The third-order valence-corrected chi connectivity index (χ3v) is 5.69. The molecule has 2 heterocycles. The molecule has 2 aromatic carbocycles. The standard InChI is InChI=1S/C24H27N5O2S/c1-5-30-19-13-11-18(12-14-19)29-20(15-17-9-7-6-8-10-17)26-27-23(29)32-16-21-25-22(28-31-21)24(2,3)4/h6-14H,5,15-16H2,1-4H3. The Morgan fingerprint density at radius 1 is 1.00 bits per heavy atom. The zero-order chi connectivity index (χ0) is 22.6. The Labute approximate surface area is 192 Å². The van der Waals surface area contributed by atoms with E-state index in [-0.39, 0.29) is 5.41 Å². The maximum Gasteiger partial charge on any atom is 0.237 e. The molecule has 32 heavy (non-hydrogen) atoms. The second-order valence-corrected chi connectivity index (χ2v) is 9.32. The number of hydrogen-bond donors (Lipinski definition) is 0. The molecule has 0 aliphatic heterocycles. The highest BCUT2D eigenvalue weighted by molar-refractivity contribution is 7.98. The van der Waals surface area contributed by atoms with Gasteiger partial charge < -0.3 is 9.26 Å². The van der Waals surface area contributed by atoms with E-state index in [1.807, 2.05) is 49.4 Å². The second-order valence-electron chi connectivity index (χ2n) is 8.37. The van der Waals surface area contributed by atoms with E-state index < -0.39 is 0 Å². The number of hydrogen-bond acceptors (Lipinski definition) is 7. The largest absolute Gasteiger partial charge is 0.494 e. The second kappa shape index (κ2) is 9.56. The van der Waals surface area contributed by atoms with Crippen LogP contribution in [0, 0.1) is 0 Å². The average Bonchev–Trinajstić information content (AvgIpc) is 3.41. The summed E-state index contributed by atoms with van der Waals surface area (Å²) in [5, 5.41) is 13.9. The van der Waals surface area contributed by atoms with Crippen LogP contribution in [-0.4, -0.2) is 31.5 Å². The molecule has 4 aromatic rings. The minimum Gasteiger partial charge on any atom is -0.494 e. The van der Waals surface area contributed by atoms with E-state index in [0.717, 1.165) is 22.4 Å². The Morgan fingerprint density at radius 2 is 1.75 bits per heavy atom. The zero-order valence-electron chi connectivity index (χ0n) is 18.8. The van der Waals surface area contributed by atoms with E-state index in [2.05, 4.69) is 57.8 Å². The van der Waals surface area contributed by atoms with Crippen LogP contribution in [-0.2, 0) is 17.6 Å². The molecule has 0 fully saturated rings. The molecule has 0 amide bonds. The average molecular weight is 450 g/mol. The van der Waals surface area contributed by atoms with Crippen molar-refractivity contribution in [3.63, 3.8) is 0 Å². The molecule has 0 aliphatic carbocycles. The number of benzene rings is 2. The zero-order valence-corrected chi connectivity index (χ0v) is 19.6. The lowest BCUT2D eigenvalue weighted by Crippen LogP contribution is -2.13. The van der Waals surface area contributed by atoms with Crippen LogP contribution in [0.25, 0.3) is 5.69 Å². The van der Waals surface area contributed by atoms with E-state index in [1.165, 1.54) is 17.3 Å². The number of ether oxygens (including phenoxy) is 1. The maximum atomic E-state index is 5.60. The number of nitrogens with zero attached hydrogens (tertiary/aromatic N) is 5. The number of aromatic nitrogens is 5. The molecule has 0 N–H and O–H groups in total. The van der Waals surface area contributed by atoms with E-state index in [1.54, 1.807) is 0 Å². The first kappa shape index (κ1) is 22.1. The number of thioether (sulfide) groups is 1. The Kier molecular flexibility index (Phi) is 6.60. The van der Waals surface area contributed by atoms with Crippen LogP contribution in [0.3, 0.4) is 0 Å². The summed E-state index contributed by atoms with van der Waals surface area (Å²) in [5.41, 5.74) is 2.00. The highest BCUT2D eigenvalue weighted by Gasteiger charge is 2.22. The summed E-state index contributed by atoms with van der Waals surface area (Å²) < 4.78 is 13.1. The normalized spacial score (nSPS) is 11.6. The lowest BCUT2D eigenvalue weighted by molar-refractivity contribution is 0.340. The molecule has 8 heteroatoms. The quantitative estimate of drug-likeness (QED) is 0.341. The fourth-order valence-electron chi connectivity index (χ4n) is 3.15. The van der Waals surface area contributed by atoms with Crippen molar-refractivity contribution in [3.05, 3.63) is 77.7 Å². The molecule has 0 spiro atoms. The molecule has 2 aromatic heterocycles. The van der Waals surface area contributed by atoms with E-state index in [9.17, 15) is 0 Å². The van der Waals surface area contributed by atoms with Crippen molar-refractivity contribution >= 4 is 11.8 Å². The maximum absolute atomic E-state index is 5.60. The van der Waals surface area contributed by atoms with Gasteiger partial charge in [0.25, 0.3) is 0 Å². The molecule has 4 rings (SSSR count). The Morgan fingerprint density at radius 3 is 2.41 bits per heavy atom. The van der Waals surface area contributed by atoms with Gasteiger partial charge in [-0.1, -0.05) is 68.0 Å². The number of rotatable bonds is 8. The van der Waals surface area contributed by atoms with Gasteiger partial charge in [-0.15, -0.1) is 10.2 Å². The van der Waals surface area contributed by atoms with E-state index in [0.29, 0.717) is 30.5 Å². The smallest absolute Gasteiger partial charge is 0.237 e. The monoisotopic (exact) mass is 449 g/mol. The van der Waals surface area contributed by atoms with Gasteiger partial charge in [-0.25, -0.2) is 0 Å². The van der Waals surface area contributed by atoms with Crippen molar-refractivity contribution in [2.45, 2.75) is 50.4 Å². The van der Waals surface area contributed by atoms with E-state index in [4.69, 9.17) is 9.26 Å². The minimum absolute atomic E-state index is 0.155. The first-order valence-corrected chi connectivity index (χ1v) is 11.6. The lowest BCUT2D eigenvalue weighted by Gasteiger charge is -2.11. The van der Waals surface area contributed by atoms with Gasteiger partial charge in [0.05, 0.1) is 12.4 Å². The summed E-state index contributed by atoms with van der Waals surface area (Å²) in [4.78, 5) is 4.53. The lowest BCUT2D eigenvalue weighted by atomic mass is 9.96. The van der Waals surface area contributed by atoms with Crippen molar-refractivity contribution in [2.75, 3.05) is 6.61 Å². The van der Waals surface area contributed by atoms with Gasteiger partial charge in [0.15, 0.2) is 11.0 Å². The summed E-state index contributed by atoms with van der Waals surface area (Å²) in [6.07, 6.45) is 0.677. The van der Waals surface area contributed by atoms with Gasteiger partial charge >= 0.3 is 0 Å². The molecule has 0 aliphatic rings. The predicted octanol–water partition coefficient (Wildman–Crippen LogP) is 5.23. The molecule has 166 valence electrons. The van der Waals surface area contributed by atoms with Crippen LogP contribution in [0.2, 0.25) is 0 Å². The summed E-state index contributed by atoms with van der Waals surface area (Å²) in [6.45, 7) is 8.80. The molecular weight excluding hydrogens is 422 g/mol. The molecule has 0 saturated heterocycles.